The topological polar surface area (TPSA) is 9.23 Å². The van der Waals surface area contributed by atoms with E-state index in [1.54, 1.807) is 35.6 Å². The molecule has 74 valence electrons. The summed E-state index contributed by atoms with van der Waals surface area (Å²) in [6.07, 6.45) is 4.16. The minimum absolute atomic E-state index is 0.0856. The summed E-state index contributed by atoms with van der Waals surface area (Å²) in [7, 11) is 0. The van der Waals surface area contributed by atoms with Gasteiger partial charge in [0.1, 0.15) is 4.93 Å². The van der Waals surface area contributed by atoms with Gasteiger partial charge in [-0.2, -0.15) is 0 Å². The van der Waals surface area contributed by atoms with Crippen molar-refractivity contribution < 1.29 is 4.18 Å². The summed E-state index contributed by atoms with van der Waals surface area (Å²) in [4.78, 5) is -0.0856. The van der Waals surface area contributed by atoms with Gasteiger partial charge in [0.15, 0.2) is 0 Å². The van der Waals surface area contributed by atoms with Crippen LogP contribution in [0.3, 0.4) is 0 Å². The Morgan fingerprint density at radius 2 is 1.42 bits per heavy atom. The van der Waals surface area contributed by atoms with Gasteiger partial charge in [0.25, 0.3) is 0 Å². The first-order valence-corrected chi connectivity index (χ1v) is 6.99. The number of hydrogen-bond acceptors (Lipinski definition) is 4. The van der Waals surface area contributed by atoms with Gasteiger partial charge in [0.05, 0.1) is 4.08 Å². The minimum Gasteiger partial charge on any atom is -0.297 e. The molecule has 1 nitrogen and oxygen atoms in total. The van der Waals surface area contributed by atoms with Gasteiger partial charge in [-0.05, 0) is 40.2 Å². The fraction of sp³-hybridized carbons (Fsp3) is 1.00. The van der Waals surface area contributed by atoms with Crippen LogP contribution >= 0.6 is 35.6 Å². The monoisotopic (exact) mass is 226 g/mol. The summed E-state index contributed by atoms with van der Waals surface area (Å²) in [6, 6.07) is 0. The maximum atomic E-state index is 5.69. The molecule has 0 aliphatic rings. The fourth-order valence-electron chi connectivity index (χ4n) is 0.269. The molecule has 0 amide bonds. The van der Waals surface area contributed by atoms with E-state index in [9.17, 15) is 0 Å². The second-order valence-electron chi connectivity index (χ2n) is 3.37. The Hall–Kier alpha value is 1.01. The first kappa shape index (κ1) is 13.0. The SMILES string of the molecule is CSC(C)(C)OSC(C)(C)SC. The van der Waals surface area contributed by atoms with Gasteiger partial charge in [-0.25, -0.2) is 0 Å². The number of thioether (sulfide) groups is 2. The van der Waals surface area contributed by atoms with Crippen LogP contribution in [0.15, 0.2) is 0 Å². The van der Waals surface area contributed by atoms with Gasteiger partial charge >= 0.3 is 0 Å². The van der Waals surface area contributed by atoms with Crippen molar-refractivity contribution in [2.75, 3.05) is 12.5 Å². The Bertz CT molecular complexity index is 118. The maximum Gasteiger partial charge on any atom is 0.122 e. The maximum absolute atomic E-state index is 5.69. The van der Waals surface area contributed by atoms with Crippen LogP contribution in [0.25, 0.3) is 0 Å². The Kier molecular flexibility index (Phi) is 5.46. The second kappa shape index (κ2) is 5.03. The Labute approximate surface area is 89.0 Å². The zero-order valence-electron chi connectivity index (χ0n) is 8.63. The van der Waals surface area contributed by atoms with E-state index in [1.165, 1.54) is 0 Å². The third kappa shape index (κ3) is 5.62. The third-order valence-corrected chi connectivity index (χ3v) is 5.19. The minimum atomic E-state index is -0.0856. The number of hydrogen-bond donors (Lipinski definition) is 0. The highest BCUT2D eigenvalue weighted by Crippen LogP contribution is 2.40. The van der Waals surface area contributed by atoms with Crippen LogP contribution in [0.5, 0.6) is 0 Å². The molecule has 0 heterocycles. The molecule has 0 N–H and O–H groups in total. The smallest absolute Gasteiger partial charge is 0.122 e. The van der Waals surface area contributed by atoms with Crippen LogP contribution in [0.2, 0.25) is 0 Å². The average Bonchev–Trinajstić information content (AvgIpc) is 2.02. The Morgan fingerprint density at radius 1 is 0.917 bits per heavy atom. The van der Waals surface area contributed by atoms with Crippen molar-refractivity contribution in [3.63, 3.8) is 0 Å². The zero-order valence-corrected chi connectivity index (χ0v) is 11.1. The quantitative estimate of drug-likeness (QED) is 0.520. The van der Waals surface area contributed by atoms with Crippen molar-refractivity contribution in [2.24, 2.45) is 0 Å². The predicted octanol–water partition coefficient (Wildman–Crippen LogP) is 3.85. The zero-order chi connectivity index (χ0) is 9.83. The summed E-state index contributed by atoms with van der Waals surface area (Å²) in [5.74, 6) is 0. The molecule has 0 saturated heterocycles. The lowest BCUT2D eigenvalue weighted by atomic mass is 10.5. The van der Waals surface area contributed by atoms with Crippen molar-refractivity contribution in [2.45, 2.75) is 36.7 Å². The highest BCUT2D eigenvalue weighted by molar-refractivity contribution is 8.16. The number of rotatable bonds is 5. The summed E-state index contributed by atoms with van der Waals surface area (Å²) < 4.78 is 5.84. The van der Waals surface area contributed by atoms with Crippen LogP contribution in [-0.2, 0) is 4.18 Å². The summed E-state index contributed by atoms with van der Waals surface area (Å²) >= 11 is 5.09. The molecule has 0 unspecified atom stereocenters. The molecule has 0 aliphatic carbocycles. The average molecular weight is 226 g/mol. The van der Waals surface area contributed by atoms with Crippen LogP contribution < -0.4 is 0 Å². The highest BCUT2D eigenvalue weighted by Gasteiger charge is 2.24. The molecular weight excluding hydrogens is 208 g/mol. The largest absolute Gasteiger partial charge is 0.297 e. The first-order chi connectivity index (χ1) is 5.33. The van der Waals surface area contributed by atoms with Gasteiger partial charge in [-0.15, -0.1) is 23.5 Å². The van der Waals surface area contributed by atoms with Gasteiger partial charge in [-0.3, -0.25) is 4.18 Å². The molecule has 0 atom stereocenters. The van der Waals surface area contributed by atoms with E-state index in [1.807, 2.05) is 0 Å². The lowest BCUT2D eigenvalue weighted by Crippen LogP contribution is -2.19. The van der Waals surface area contributed by atoms with E-state index in [-0.39, 0.29) is 9.01 Å². The predicted molar refractivity (Wildman–Crippen MR) is 63.9 cm³/mol. The Balaban J connectivity index is 3.82. The van der Waals surface area contributed by atoms with E-state index < -0.39 is 0 Å². The first-order valence-electron chi connectivity index (χ1n) is 3.80. The lowest BCUT2D eigenvalue weighted by molar-refractivity contribution is 0.248. The lowest BCUT2D eigenvalue weighted by Gasteiger charge is -2.27. The third-order valence-electron chi connectivity index (χ3n) is 1.43. The highest BCUT2D eigenvalue weighted by atomic mass is 32.2. The normalized spacial score (nSPS) is 13.5. The van der Waals surface area contributed by atoms with E-state index >= 15 is 0 Å². The second-order valence-corrected chi connectivity index (χ2v) is 7.81. The van der Waals surface area contributed by atoms with E-state index in [0.29, 0.717) is 0 Å². The molecule has 0 rings (SSSR count). The molecule has 12 heavy (non-hydrogen) atoms. The van der Waals surface area contributed by atoms with Crippen molar-refractivity contribution in [3.05, 3.63) is 0 Å². The van der Waals surface area contributed by atoms with E-state index in [4.69, 9.17) is 4.18 Å². The van der Waals surface area contributed by atoms with Gasteiger partial charge in [-0.1, -0.05) is 0 Å². The van der Waals surface area contributed by atoms with Crippen LogP contribution in [0.1, 0.15) is 27.7 Å². The standard InChI is InChI=1S/C8H18OS3/c1-7(2,10-5)9-12-8(3,4)11-6/h1-6H3. The molecule has 0 bridgehead atoms. The van der Waals surface area contributed by atoms with Crippen molar-refractivity contribution in [3.8, 4) is 0 Å². The summed E-state index contributed by atoms with van der Waals surface area (Å²) in [5, 5.41) is 0. The van der Waals surface area contributed by atoms with Gasteiger partial charge in [0, 0.05) is 12.0 Å². The van der Waals surface area contributed by atoms with Crippen LogP contribution in [0.4, 0.5) is 0 Å². The van der Waals surface area contributed by atoms with Crippen molar-refractivity contribution >= 4 is 35.6 Å². The molecule has 0 aromatic heterocycles. The summed E-state index contributed by atoms with van der Waals surface area (Å²) in [5.41, 5.74) is 0. The molecule has 0 aromatic carbocycles. The molecule has 0 aromatic rings. The molecular formula is C8H18OS3. The van der Waals surface area contributed by atoms with E-state index in [0.717, 1.165) is 0 Å². The van der Waals surface area contributed by atoms with E-state index in [2.05, 4.69) is 40.2 Å². The van der Waals surface area contributed by atoms with Gasteiger partial charge < -0.3 is 0 Å². The molecule has 4 heteroatoms. The molecule has 0 aliphatic heterocycles. The molecule has 0 fully saturated rings. The molecule has 0 spiro atoms. The summed E-state index contributed by atoms with van der Waals surface area (Å²) in [6.45, 7) is 8.50. The van der Waals surface area contributed by atoms with Crippen molar-refractivity contribution in [1.29, 1.82) is 0 Å². The molecule has 0 saturated carbocycles. The van der Waals surface area contributed by atoms with Crippen LogP contribution in [-0.4, -0.2) is 21.5 Å². The Morgan fingerprint density at radius 3 is 1.75 bits per heavy atom. The van der Waals surface area contributed by atoms with Crippen LogP contribution in [0, 0.1) is 0 Å². The fourth-order valence-corrected chi connectivity index (χ4v) is 1.42. The van der Waals surface area contributed by atoms with Gasteiger partial charge in [0.2, 0.25) is 0 Å². The molecule has 0 radical (unpaired) electrons. The van der Waals surface area contributed by atoms with Crippen molar-refractivity contribution in [1.82, 2.24) is 0 Å².